The van der Waals surface area contributed by atoms with Crippen LogP contribution in [0.25, 0.3) is 0 Å². The highest BCUT2D eigenvalue weighted by molar-refractivity contribution is 5.90. The third kappa shape index (κ3) is 5.90. The number of nitrogens with one attached hydrogen (secondary N) is 1. The Bertz CT molecular complexity index is 519. The van der Waals surface area contributed by atoms with Crippen LogP contribution < -0.4 is 5.32 Å². The van der Waals surface area contributed by atoms with E-state index in [1.54, 1.807) is 20.8 Å². The number of amides is 2. The van der Waals surface area contributed by atoms with Gasteiger partial charge in [0.2, 0.25) is 5.91 Å². The zero-order valence-corrected chi connectivity index (χ0v) is 16.6. The molecule has 1 saturated heterocycles. The molecule has 0 aromatic carbocycles. The lowest BCUT2D eigenvalue weighted by Gasteiger charge is -2.35. The molecule has 1 unspecified atom stereocenters. The maximum Gasteiger partial charge on any atom is 0.408 e. The topological polar surface area (TPSA) is 84.9 Å². The number of nitrogens with zero attached hydrogens (tertiary/aromatic N) is 1. The number of alkyl carbamates (subject to hydrolysis) is 1. The van der Waals surface area contributed by atoms with Gasteiger partial charge in [0.1, 0.15) is 17.7 Å². The largest absolute Gasteiger partial charge is 0.467 e. The number of methoxy groups -OCH3 is 1. The zero-order chi connectivity index (χ0) is 19.6. The molecule has 0 aromatic rings. The lowest BCUT2D eigenvalue weighted by atomic mass is 9.85. The van der Waals surface area contributed by atoms with Gasteiger partial charge >= 0.3 is 12.1 Å². The van der Waals surface area contributed by atoms with Crippen LogP contribution in [0.3, 0.4) is 0 Å². The van der Waals surface area contributed by atoms with Crippen molar-refractivity contribution < 1.29 is 23.9 Å². The van der Waals surface area contributed by atoms with Crippen molar-refractivity contribution in [2.75, 3.05) is 13.7 Å². The van der Waals surface area contributed by atoms with Crippen molar-refractivity contribution in [1.29, 1.82) is 0 Å². The van der Waals surface area contributed by atoms with Gasteiger partial charge in [0.15, 0.2) is 0 Å². The number of esters is 1. The van der Waals surface area contributed by atoms with E-state index in [0.29, 0.717) is 13.0 Å². The van der Waals surface area contributed by atoms with Crippen molar-refractivity contribution in [1.82, 2.24) is 10.2 Å². The molecule has 0 aliphatic carbocycles. The highest BCUT2D eigenvalue weighted by Crippen LogP contribution is 2.29. The van der Waals surface area contributed by atoms with Crippen LogP contribution in [0.4, 0.5) is 4.79 Å². The van der Waals surface area contributed by atoms with Gasteiger partial charge in [-0.25, -0.2) is 9.59 Å². The Morgan fingerprint density at radius 3 is 2.12 bits per heavy atom. The van der Waals surface area contributed by atoms with E-state index >= 15 is 0 Å². The Hall–Kier alpha value is -1.79. The van der Waals surface area contributed by atoms with Gasteiger partial charge in [0.05, 0.1) is 7.11 Å². The number of rotatable bonds is 3. The summed E-state index contributed by atoms with van der Waals surface area (Å²) in [5, 5.41) is 2.68. The average Bonchev–Trinajstić information content (AvgIpc) is 2.82. The molecule has 1 fully saturated rings. The van der Waals surface area contributed by atoms with Crippen LogP contribution in [0.5, 0.6) is 0 Å². The standard InChI is InChI=1S/C18H32N2O5/c1-11-9-12(15(22)24-8)20(10-11)14(21)13(17(2,3)4)19-16(23)25-18(5,6)7/h11-13H,9-10H2,1-8H3,(H,19,23)/t11-,12?,13-/m1/s1. The molecule has 1 aliphatic rings. The molecule has 1 heterocycles. The maximum atomic E-state index is 13.1. The van der Waals surface area contributed by atoms with Gasteiger partial charge < -0.3 is 19.7 Å². The van der Waals surface area contributed by atoms with Crippen LogP contribution in [0.15, 0.2) is 0 Å². The van der Waals surface area contributed by atoms with Gasteiger partial charge in [-0.3, -0.25) is 4.79 Å². The second kappa shape index (κ2) is 7.62. The molecule has 144 valence electrons. The summed E-state index contributed by atoms with van der Waals surface area (Å²) >= 11 is 0. The normalized spacial score (nSPS) is 22.3. The highest BCUT2D eigenvalue weighted by Gasteiger charge is 2.44. The van der Waals surface area contributed by atoms with E-state index in [1.165, 1.54) is 12.0 Å². The minimum absolute atomic E-state index is 0.190. The molecule has 0 aromatic heterocycles. The van der Waals surface area contributed by atoms with E-state index < -0.39 is 35.2 Å². The quantitative estimate of drug-likeness (QED) is 0.785. The minimum Gasteiger partial charge on any atom is -0.467 e. The molecule has 7 nitrogen and oxygen atoms in total. The summed E-state index contributed by atoms with van der Waals surface area (Å²) in [4.78, 5) is 38.8. The van der Waals surface area contributed by atoms with Crippen molar-refractivity contribution >= 4 is 18.0 Å². The first-order valence-corrected chi connectivity index (χ1v) is 8.64. The Kier molecular flexibility index (Phi) is 6.48. The fourth-order valence-corrected chi connectivity index (χ4v) is 2.89. The molecule has 1 aliphatic heterocycles. The van der Waals surface area contributed by atoms with Crippen LogP contribution in [0.2, 0.25) is 0 Å². The van der Waals surface area contributed by atoms with E-state index in [-0.39, 0.29) is 11.8 Å². The third-order valence-corrected chi connectivity index (χ3v) is 4.04. The number of carbonyl (C=O) groups is 3. The zero-order valence-electron chi connectivity index (χ0n) is 16.6. The molecule has 25 heavy (non-hydrogen) atoms. The summed E-state index contributed by atoms with van der Waals surface area (Å²) in [6.45, 7) is 13.3. The second-order valence-corrected chi connectivity index (χ2v) is 8.82. The molecule has 0 radical (unpaired) electrons. The number of hydrogen-bond acceptors (Lipinski definition) is 5. The van der Waals surface area contributed by atoms with Gasteiger partial charge in [-0.2, -0.15) is 0 Å². The molecule has 3 atom stereocenters. The molecule has 1 N–H and O–H groups in total. The van der Waals surface area contributed by atoms with Gasteiger partial charge in [0, 0.05) is 6.54 Å². The summed E-state index contributed by atoms with van der Waals surface area (Å²) < 4.78 is 10.1. The summed E-state index contributed by atoms with van der Waals surface area (Å²) in [5.74, 6) is -0.532. The van der Waals surface area contributed by atoms with Crippen LogP contribution in [-0.4, -0.2) is 54.2 Å². The number of carbonyl (C=O) groups excluding carboxylic acids is 3. The van der Waals surface area contributed by atoms with Crippen LogP contribution in [0, 0.1) is 11.3 Å². The van der Waals surface area contributed by atoms with E-state index in [2.05, 4.69) is 5.32 Å². The molecule has 0 saturated carbocycles. The van der Waals surface area contributed by atoms with E-state index in [0.717, 1.165) is 0 Å². The Labute approximate surface area is 150 Å². The molecule has 0 spiro atoms. The monoisotopic (exact) mass is 356 g/mol. The highest BCUT2D eigenvalue weighted by atomic mass is 16.6. The predicted octanol–water partition coefficient (Wildman–Crippen LogP) is 2.34. The average molecular weight is 356 g/mol. The number of likely N-dealkylation sites (tertiary alicyclic amines) is 1. The molecule has 1 rings (SSSR count). The lowest BCUT2D eigenvalue weighted by Crippen LogP contribution is -2.57. The third-order valence-electron chi connectivity index (χ3n) is 4.04. The predicted molar refractivity (Wildman–Crippen MR) is 93.9 cm³/mol. The molecular formula is C18H32N2O5. The smallest absolute Gasteiger partial charge is 0.408 e. The lowest BCUT2D eigenvalue weighted by molar-refractivity contribution is -0.152. The van der Waals surface area contributed by atoms with Crippen LogP contribution in [0.1, 0.15) is 54.9 Å². The van der Waals surface area contributed by atoms with Gasteiger partial charge in [-0.15, -0.1) is 0 Å². The van der Waals surface area contributed by atoms with E-state index in [9.17, 15) is 14.4 Å². The number of hydrogen-bond donors (Lipinski definition) is 1. The fraction of sp³-hybridized carbons (Fsp3) is 0.833. The summed E-state index contributed by atoms with van der Waals surface area (Å²) in [6, 6.07) is -1.42. The van der Waals surface area contributed by atoms with Crippen molar-refractivity contribution in [2.45, 2.75) is 72.6 Å². The molecular weight excluding hydrogens is 324 g/mol. The Balaban J connectivity index is 3.01. The van der Waals surface area contributed by atoms with E-state index in [1.807, 2.05) is 27.7 Å². The summed E-state index contributed by atoms with van der Waals surface area (Å²) in [7, 11) is 1.31. The van der Waals surface area contributed by atoms with Gasteiger partial charge in [0.25, 0.3) is 0 Å². The Morgan fingerprint density at radius 2 is 1.68 bits per heavy atom. The van der Waals surface area contributed by atoms with Gasteiger partial charge in [-0.1, -0.05) is 27.7 Å². The van der Waals surface area contributed by atoms with E-state index in [4.69, 9.17) is 9.47 Å². The minimum atomic E-state index is -0.806. The first-order valence-electron chi connectivity index (χ1n) is 8.64. The van der Waals surface area contributed by atoms with Crippen LogP contribution >= 0.6 is 0 Å². The van der Waals surface area contributed by atoms with Crippen LogP contribution in [-0.2, 0) is 19.1 Å². The molecule has 7 heteroatoms. The summed E-state index contributed by atoms with van der Waals surface area (Å²) in [6.07, 6.45) is -0.0931. The summed E-state index contributed by atoms with van der Waals surface area (Å²) in [5.41, 5.74) is -1.20. The molecule has 0 bridgehead atoms. The Morgan fingerprint density at radius 1 is 1.12 bits per heavy atom. The van der Waals surface area contributed by atoms with Crippen molar-refractivity contribution in [3.8, 4) is 0 Å². The van der Waals surface area contributed by atoms with Crippen molar-refractivity contribution in [2.24, 2.45) is 11.3 Å². The molecule has 2 amide bonds. The maximum absolute atomic E-state index is 13.1. The van der Waals surface area contributed by atoms with Gasteiger partial charge in [-0.05, 0) is 38.5 Å². The first-order chi connectivity index (χ1) is 11.3. The number of ether oxygens (including phenoxy) is 2. The first kappa shape index (κ1) is 21.3. The second-order valence-electron chi connectivity index (χ2n) is 8.82. The SMILES string of the molecule is COC(=O)C1C[C@@H](C)CN1C(=O)[C@@H](NC(=O)OC(C)(C)C)C(C)(C)C. The fourth-order valence-electron chi connectivity index (χ4n) is 2.89. The van der Waals surface area contributed by atoms with Crippen molar-refractivity contribution in [3.63, 3.8) is 0 Å². The van der Waals surface area contributed by atoms with Crippen molar-refractivity contribution in [3.05, 3.63) is 0 Å².